The standard InChI is InChI=1S/C14H13BrN2O3/c1-17-7-10(15)5-11(17)14(18)16-6-9-3-2-4-12-13(9)20-8-19-12/h2-5,7H,6,8H2,1H3,(H,16,18). The van der Waals surface area contributed by atoms with E-state index in [1.54, 1.807) is 10.6 Å². The summed E-state index contributed by atoms with van der Waals surface area (Å²) < 4.78 is 13.4. The molecule has 1 amide bonds. The molecule has 0 radical (unpaired) electrons. The van der Waals surface area contributed by atoms with Crippen molar-refractivity contribution in [2.45, 2.75) is 6.54 Å². The van der Waals surface area contributed by atoms with Crippen LogP contribution < -0.4 is 14.8 Å². The summed E-state index contributed by atoms with van der Waals surface area (Å²) >= 11 is 3.35. The van der Waals surface area contributed by atoms with Gasteiger partial charge in [0.2, 0.25) is 6.79 Å². The number of amides is 1. The maximum atomic E-state index is 12.1. The van der Waals surface area contributed by atoms with Gasteiger partial charge in [-0.3, -0.25) is 4.79 Å². The van der Waals surface area contributed by atoms with Crippen LogP contribution in [0.2, 0.25) is 0 Å². The molecule has 0 fully saturated rings. The Morgan fingerprint density at radius 1 is 1.45 bits per heavy atom. The zero-order chi connectivity index (χ0) is 14.1. The highest BCUT2D eigenvalue weighted by Gasteiger charge is 2.18. The third kappa shape index (κ3) is 2.38. The largest absolute Gasteiger partial charge is 0.454 e. The quantitative estimate of drug-likeness (QED) is 0.936. The van der Waals surface area contributed by atoms with Gasteiger partial charge in [0.1, 0.15) is 5.69 Å². The van der Waals surface area contributed by atoms with Crippen LogP contribution in [-0.2, 0) is 13.6 Å². The summed E-state index contributed by atoms with van der Waals surface area (Å²) in [5.74, 6) is 1.30. The molecular weight excluding hydrogens is 324 g/mol. The van der Waals surface area contributed by atoms with Crippen LogP contribution in [0.4, 0.5) is 0 Å². The fourth-order valence-electron chi connectivity index (χ4n) is 2.15. The highest BCUT2D eigenvalue weighted by molar-refractivity contribution is 9.10. The maximum Gasteiger partial charge on any atom is 0.268 e. The fourth-order valence-corrected chi connectivity index (χ4v) is 2.67. The predicted octanol–water partition coefficient (Wildman–Crippen LogP) is 2.45. The zero-order valence-corrected chi connectivity index (χ0v) is 12.4. The molecule has 5 nitrogen and oxygen atoms in total. The summed E-state index contributed by atoms with van der Waals surface area (Å²) in [4.78, 5) is 12.1. The second-order valence-electron chi connectivity index (χ2n) is 4.49. The van der Waals surface area contributed by atoms with Gasteiger partial charge in [-0.1, -0.05) is 12.1 Å². The lowest BCUT2D eigenvalue weighted by Gasteiger charge is -2.08. The highest BCUT2D eigenvalue weighted by Crippen LogP contribution is 2.35. The average Bonchev–Trinajstić information content (AvgIpc) is 3.02. The minimum Gasteiger partial charge on any atom is -0.454 e. The Morgan fingerprint density at radius 2 is 2.30 bits per heavy atom. The Kier molecular flexibility index (Phi) is 3.40. The molecule has 0 unspecified atom stereocenters. The Morgan fingerprint density at radius 3 is 3.05 bits per heavy atom. The van der Waals surface area contributed by atoms with E-state index in [1.165, 1.54) is 0 Å². The number of halogens is 1. The molecule has 1 aromatic carbocycles. The number of para-hydroxylation sites is 1. The molecule has 104 valence electrons. The number of rotatable bonds is 3. The highest BCUT2D eigenvalue weighted by atomic mass is 79.9. The first-order valence-electron chi connectivity index (χ1n) is 6.12. The molecule has 6 heteroatoms. The minimum atomic E-state index is -0.130. The minimum absolute atomic E-state index is 0.130. The predicted molar refractivity (Wildman–Crippen MR) is 76.8 cm³/mol. The van der Waals surface area contributed by atoms with E-state index in [1.807, 2.05) is 31.4 Å². The van der Waals surface area contributed by atoms with Crippen molar-refractivity contribution < 1.29 is 14.3 Å². The van der Waals surface area contributed by atoms with E-state index in [-0.39, 0.29) is 12.7 Å². The molecule has 0 spiro atoms. The van der Waals surface area contributed by atoms with Crippen LogP contribution in [0.15, 0.2) is 34.9 Å². The third-order valence-corrected chi connectivity index (χ3v) is 3.56. The monoisotopic (exact) mass is 336 g/mol. The van der Waals surface area contributed by atoms with Gasteiger partial charge in [-0.15, -0.1) is 0 Å². The SMILES string of the molecule is Cn1cc(Br)cc1C(=O)NCc1cccc2c1OCO2. The van der Waals surface area contributed by atoms with Gasteiger partial charge in [-0.2, -0.15) is 0 Å². The number of hydrogen-bond donors (Lipinski definition) is 1. The fraction of sp³-hybridized carbons (Fsp3) is 0.214. The van der Waals surface area contributed by atoms with Crippen molar-refractivity contribution in [3.8, 4) is 11.5 Å². The van der Waals surface area contributed by atoms with Crippen LogP contribution in [0, 0.1) is 0 Å². The van der Waals surface area contributed by atoms with E-state index in [2.05, 4.69) is 21.2 Å². The molecule has 3 rings (SSSR count). The normalized spacial score (nSPS) is 12.5. The molecule has 1 aliphatic heterocycles. The Labute approximate surface area is 124 Å². The van der Waals surface area contributed by atoms with Gasteiger partial charge >= 0.3 is 0 Å². The molecule has 1 aliphatic rings. The number of benzene rings is 1. The van der Waals surface area contributed by atoms with Gasteiger partial charge in [0, 0.05) is 29.8 Å². The van der Waals surface area contributed by atoms with Crippen molar-refractivity contribution >= 4 is 21.8 Å². The van der Waals surface area contributed by atoms with Gasteiger partial charge in [0.25, 0.3) is 5.91 Å². The summed E-state index contributed by atoms with van der Waals surface area (Å²) in [6, 6.07) is 7.43. The van der Waals surface area contributed by atoms with Crippen LogP contribution >= 0.6 is 15.9 Å². The molecular formula is C14H13BrN2O3. The Hall–Kier alpha value is -1.95. The van der Waals surface area contributed by atoms with E-state index in [0.717, 1.165) is 15.8 Å². The van der Waals surface area contributed by atoms with Crippen molar-refractivity contribution in [1.29, 1.82) is 0 Å². The molecule has 1 N–H and O–H groups in total. The molecule has 0 bridgehead atoms. The second kappa shape index (κ2) is 5.20. The van der Waals surface area contributed by atoms with Gasteiger partial charge in [0.15, 0.2) is 11.5 Å². The first-order chi connectivity index (χ1) is 9.65. The topological polar surface area (TPSA) is 52.5 Å². The average molecular weight is 337 g/mol. The number of fused-ring (bicyclic) bond motifs is 1. The van der Waals surface area contributed by atoms with Crippen LogP contribution in [-0.4, -0.2) is 17.3 Å². The summed E-state index contributed by atoms with van der Waals surface area (Å²) in [6.07, 6.45) is 1.84. The first-order valence-corrected chi connectivity index (χ1v) is 6.92. The van der Waals surface area contributed by atoms with Crippen molar-refractivity contribution in [2.24, 2.45) is 7.05 Å². The molecule has 0 aliphatic carbocycles. The van der Waals surface area contributed by atoms with Crippen molar-refractivity contribution in [3.63, 3.8) is 0 Å². The Balaban J connectivity index is 1.73. The zero-order valence-electron chi connectivity index (χ0n) is 10.9. The smallest absolute Gasteiger partial charge is 0.268 e. The summed E-state index contributed by atoms with van der Waals surface area (Å²) in [7, 11) is 1.83. The lowest BCUT2D eigenvalue weighted by Crippen LogP contribution is -2.24. The van der Waals surface area contributed by atoms with E-state index < -0.39 is 0 Å². The first kappa shape index (κ1) is 13.1. The second-order valence-corrected chi connectivity index (χ2v) is 5.40. The molecule has 20 heavy (non-hydrogen) atoms. The van der Waals surface area contributed by atoms with E-state index in [4.69, 9.17) is 9.47 Å². The number of carbonyl (C=O) groups is 1. The van der Waals surface area contributed by atoms with Crippen molar-refractivity contribution in [3.05, 3.63) is 46.2 Å². The number of carbonyl (C=O) groups excluding carboxylic acids is 1. The molecule has 0 atom stereocenters. The van der Waals surface area contributed by atoms with E-state index in [0.29, 0.717) is 18.0 Å². The van der Waals surface area contributed by atoms with Crippen molar-refractivity contribution in [1.82, 2.24) is 9.88 Å². The Bertz CT molecular complexity index is 666. The number of hydrogen-bond acceptors (Lipinski definition) is 3. The number of aromatic nitrogens is 1. The molecule has 1 aromatic heterocycles. The van der Waals surface area contributed by atoms with Gasteiger partial charge in [0.05, 0.1) is 0 Å². The van der Waals surface area contributed by atoms with E-state index in [9.17, 15) is 4.79 Å². The van der Waals surface area contributed by atoms with E-state index >= 15 is 0 Å². The van der Waals surface area contributed by atoms with Gasteiger partial charge in [-0.25, -0.2) is 0 Å². The lowest BCUT2D eigenvalue weighted by atomic mass is 10.2. The molecule has 0 saturated carbocycles. The summed E-state index contributed by atoms with van der Waals surface area (Å²) in [6.45, 7) is 0.624. The van der Waals surface area contributed by atoms with Crippen LogP contribution in [0.3, 0.4) is 0 Å². The molecule has 2 heterocycles. The third-order valence-electron chi connectivity index (χ3n) is 3.12. The molecule has 0 saturated heterocycles. The van der Waals surface area contributed by atoms with Gasteiger partial charge in [-0.05, 0) is 28.1 Å². The van der Waals surface area contributed by atoms with Crippen LogP contribution in [0.25, 0.3) is 0 Å². The number of aryl methyl sites for hydroxylation is 1. The maximum absolute atomic E-state index is 12.1. The van der Waals surface area contributed by atoms with Crippen LogP contribution in [0.1, 0.15) is 16.1 Å². The summed E-state index contributed by atoms with van der Waals surface area (Å²) in [5, 5.41) is 2.88. The lowest BCUT2D eigenvalue weighted by molar-refractivity contribution is 0.0942. The number of nitrogens with zero attached hydrogens (tertiary/aromatic N) is 1. The molecule has 2 aromatic rings. The van der Waals surface area contributed by atoms with Crippen molar-refractivity contribution in [2.75, 3.05) is 6.79 Å². The number of nitrogens with one attached hydrogen (secondary N) is 1. The number of ether oxygens (including phenoxy) is 2. The van der Waals surface area contributed by atoms with Gasteiger partial charge < -0.3 is 19.4 Å². The summed E-state index contributed by atoms with van der Waals surface area (Å²) in [5.41, 5.74) is 1.50. The van der Waals surface area contributed by atoms with Crippen LogP contribution in [0.5, 0.6) is 11.5 Å².